The summed E-state index contributed by atoms with van der Waals surface area (Å²) in [5.74, 6) is -1.50. The lowest BCUT2D eigenvalue weighted by atomic mass is 10.1. The van der Waals surface area contributed by atoms with Crippen LogP contribution in [0.2, 0.25) is 0 Å². The highest BCUT2D eigenvalue weighted by molar-refractivity contribution is 6.04. The lowest BCUT2D eigenvalue weighted by Gasteiger charge is -2.20. The Morgan fingerprint density at radius 1 is 1.12 bits per heavy atom. The van der Waals surface area contributed by atoms with Crippen molar-refractivity contribution in [3.8, 4) is 0 Å². The first kappa shape index (κ1) is 18.0. The Bertz CT molecular complexity index is 649. The van der Waals surface area contributed by atoms with Crippen LogP contribution < -0.4 is 10.6 Å². The Labute approximate surface area is 142 Å². The number of ether oxygens (including phenoxy) is 1. The van der Waals surface area contributed by atoms with Crippen LogP contribution in [-0.4, -0.2) is 29.9 Å². The normalized spacial score (nSPS) is 19.3. The molecule has 1 fully saturated rings. The molecule has 0 spiro atoms. The van der Waals surface area contributed by atoms with Crippen LogP contribution >= 0.6 is 0 Å². The average molecular weight is 332 g/mol. The lowest BCUT2D eigenvalue weighted by Crippen LogP contribution is -2.42. The number of hydrogen-bond donors (Lipinski definition) is 2. The lowest BCUT2D eigenvalue weighted by molar-refractivity contribution is -0.126. The van der Waals surface area contributed by atoms with Gasteiger partial charge in [-0.1, -0.05) is 12.1 Å². The summed E-state index contributed by atoms with van der Waals surface area (Å²) in [5.41, 5.74) is 0.392. The molecule has 1 aliphatic carbocycles. The van der Waals surface area contributed by atoms with Crippen molar-refractivity contribution in [1.82, 2.24) is 5.32 Å². The Kier molecular flexibility index (Phi) is 5.26. The van der Waals surface area contributed by atoms with E-state index in [-0.39, 0.29) is 35.8 Å². The summed E-state index contributed by atoms with van der Waals surface area (Å²) in [6.45, 7) is 7.69. The van der Waals surface area contributed by atoms with Crippen LogP contribution in [0.25, 0.3) is 0 Å². The smallest absolute Gasteiger partial charge is 0.340 e. The van der Waals surface area contributed by atoms with E-state index < -0.39 is 5.97 Å². The highest BCUT2D eigenvalue weighted by atomic mass is 16.5. The molecule has 1 aromatic rings. The van der Waals surface area contributed by atoms with Crippen molar-refractivity contribution >= 4 is 23.5 Å². The topological polar surface area (TPSA) is 84.5 Å². The molecule has 1 aliphatic rings. The van der Waals surface area contributed by atoms with Gasteiger partial charge in [-0.05, 0) is 46.2 Å². The van der Waals surface area contributed by atoms with Gasteiger partial charge in [0.1, 0.15) is 0 Å². The van der Waals surface area contributed by atoms with Crippen molar-refractivity contribution in [2.24, 2.45) is 11.8 Å². The van der Waals surface area contributed by atoms with Gasteiger partial charge >= 0.3 is 5.97 Å². The maximum Gasteiger partial charge on any atom is 0.340 e. The molecule has 0 heterocycles. The molecule has 2 rings (SSSR count). The van der Waals surface area contributed by atoms with Gasteiger partial charge in [-0.3, -0.25) is 9.59 Å². The van der Waals surface area contributed by atoms with Crippen LogP contribution in [0.5, 0.6) is 0 Å². The van der Waals surface area contributed by atoms with Crippen molar-refractivity contribution < 1.29 is 19.1 Å². The number of rotatable bonds is 5. The van der Waals surface area contributed by atoms with E-state index in [1.807, 2.05) is 20.8 Å². The van der Waals surface area contributed by atoms with E-state index >= 15 is 0 Å². The molecule has 2 N–H and O–H groups in total. The zero-order valence-corrected chi connectivity index (χ0v) is 14.5. The minimum atomic E-state index is -0.480. The van der Waals surface area contributed by atoms with Crippen LogP contribution in [0.15, 0.2) is 24.3 Å². The molecule has 0 aliphatic heterocycles. The summed E-state index contributed by atoms with van der Waals surface area (Å²) in [7, 11) is 0. The standard InChI is InChI=1S/C18H24N2O4/c1-5-24-17(23)11-8-6-7-9-14(11)19-15(21)12-10-13(12)16(22)20-18(2,3)4/h6-9,12-13H,5,10H2,1-4H3,(H,19,21)(H,20,22). The average Bonchev–Trinajstić information content (AvgIpc) is 3.27. The van der Waals surface area contributed by atoms with E-state index in [2.05, 4.69) is 10.6 Å². The van der Waals surface area contributed by atoms with E-state index in [1.165, 1.54) is 0 Å². The molecule has 2 unspecified atom stereocenters. The van der Waals surface area contributed by atoms with Crippen LogP contribution in [-0.2, 0) is 14.3 Å². The Morgan fingerprint density at radius 2 is 1.75 bits per heavy atom. The van der Waals surface area contributed by atoms with Crippen molar-refractivity contribution in [2.45, 2.75) is 39.7 Å². The van der Waals surface area contributed by atoms with Gasteiger partial charge in [0.25, 0.3) is 0 Å². The summed E-state index contributed by atoms with van der Waals surface area (Å²) < 4.78 is 4.99. The molecule has 0 saturated heterocycles. The quantitative estimate of drug-likeness (QED) is 0.811. The second-order valence-electron chi connectivity index (χ2n) is 6.94. The van der Waals surface area contributed by atoms with Gasteiger partial charge in [0.15, 0.2) is 0 Å². The zero-order chi connectivity index (χ0) is 17.9. The summed E-state index contributed by atoms with van der Waals surface area (Å²) in [5, 5.41) is 5.62. The molecular weight excluding hydrogens is 308 g/mol. The first-order valence-electron chi connectivity index (χ1n) is 8.12. The summed E-state index contributed by atoms with van der Waals surface area (Å²) in [6.07, 6.45) is 0.523. The van der Waals surface area contributed by atoms with E-state index in [0.29, 0.717) is 17.7 Å². The second kappa shape index (κ2) is 7.03. The molecule has 2 amide bonds. The molecule has 0 bridgehead atoms. The van der Waals surface area contributed by atoms with E-state index in [1.54, 1.807) is 31.2 Å². The number of anilines is 1. The van der Waals surface area contributed by atoms with E-state index in [0.717, 1.165) is 0 Å². The SMILES string of the molecule is CCOC(=O)c1ccccc1NC(=O)C1CC1C(=O)NC(C)(C)C. The predicted molar refractivity (Wildman–Crippen MR) is 90.5 cm³/mol. The third-order valence-electron chi connectivity index (χ3n) is 3.64. The maximum absolute atomic E-state index is 12.3. The third-order valence-corrected chi connectivity index (χ3v) is 3.64. The molecule has 1 aromatic carbocycles. The van der Waals surface area contributed by atoms with Crippen LogP contribution in [0.4, 0.5) is 5.69 Å². The predicted octanol–water partition coefficient (Wildman–Crippen LogP) is 2.35. The highest BCUT2D eigenvalue weighted by Gasteiger charge is 2.48. The van der Waals surface area contributed by atoms with Gasteiger partial charge in [0.05, 0.1) is 29.7 Å². The Balaban J connectivity index is 2.00. The number of carbonyl (C=O) groups is 3. The van der Waals surface area contributed by atoms with Crippen LogP contribution in [0.1, 0.15) is 44.5 Å². The van der Waals surface area contributed by atoms with Gasteiger partial charge in [-0.2, -0.15) is 0 Å². The molecule has 0 radical (unpaired) electrons. The minimum absolute atomic E-state index is 0.110. The van der Waals surface area contributed by atoms with E-state index in [4.69, 9.17) is 4.74 Å². The number of para-hydroxylation sites is 1. The van der Waals surface area contributed by atoms with Gasteiger partial charge in [0, 0.05) is 5.54 Å². The first-order valence-corrected chi connectivity index (χ1v) is 8.12. The number of carbonyl (C=O) groups excluding carboxylic acids is 3. The van der Waals surface area contributed by atoms with E-state index in [9.17, 15) is 14.4 Å². The van der Waals surface area contributed by atoms with Gasteiger partial charge in [-0.25, -0.2) is 4.79 Å². The van der Waals surface area contributed by atoms with Gasteiger partial charge in [0.2, 0.25) is 11.8 Å². The third kappa shape index (κ3) is 4.57. The highest BCUT2D eigenvalue weighted by Crippen LogP contribution is 2.40. The number of nitrogens with one attached hydrogen (secondary N) is 2. The van der Waals surface area contributed by atoms with Crippen molar-refractivity contribution in [2.75, 3.05) is 11.9 Å². The number of esters is 1. The molecule has 2 atom stereocenters. The fraction of sp³-hybridized carbons (Fsp3) is 0.500. The van der Waals surface area contributed by atoms with Gasteiger partial charge in [-0.15, -0.1) is 0 Å². The molecule has 6 nitrogen and oxygen atoms in total. The first-order chi connectivity index (χ1) is 11.2. The molecule has 6 heteroatoms. The van der Waals surface area contributed by atoms with Crippen LogP contribution in [0.3, 0.4) is 0 Å². The largest absolute Gasteiger partial charge is 0.462 e. The number of benzene rings is 1. The Hall–Kier alpha value is -2.37. The maximum atomic E-state index is 12.3. The molecular formula is C18H24N2O4. The van der Waals surface area contributed by atoms with Gasteiger partial charge < -0.3 is 15.4 Å². The Morgan fingerprint density at radius 3 is 2.38 bits per heavy atom. The second-order valence-corrected chi connectivity index (χ2v) is 6.94. The molecule has 24 heavy (non-hydrogen) atoms. The molecule has 0 aromatic heterocycles. The molecule has 1 saturated carbocycles. The number of amides is 2. The minimum Gasteiger partial charge on any atom is -0.462 e. The monoisotopic (exact) mass is 332 g/mol. The fourth-order valence-electron chi connectivity index (χ4n) is 2.44. The summed E-state index contributed by atoms with van der Waals surface area (Å²) >= 11 is 0. The summed E-state index contributed by atoms with van der Waals surface area (Å²) in [6, 6.07) is 6.69. The van der Waals surface area contributed by atoms with Crippen molar-refractivity contribution in [3.05, 3.63) is 29.8 Å². The fourth-order valence-corrected chi connectivity index (χ4v) is 2.44. The molecule has 130 valence electrons. The zero-order valence-electron chi connectivity index (χ0n) is 14.5. The van der Waals surface area contributed by atoms with Crippen molar-refractivity contribution in [3.63, 3.8) is 0 Å². The van der Waals surface area contributed by atoms with Crippen LogP contribution in [0, 0.1) is 11.8 Å². The number of hydrogen-bond acceptors (Lipinski definition) is 4. The van der Waals surface area contributed by atoms with Crippen molar-refractivity contribution in [1.29, 1.82) is 0 Å². The summed E-state index contributed by atoms with van der Waals surface area (Å²) in [4.78, 5) is 36.4.